The fourth-order valence-corrected chi connectivity index (χ4v) is 4.93. The lowest BCUT2D eigenvalue weighted by Crippen LogP contribution is -2.21. The van der Waals surface area contributed by atoms with Crippen molar-refractivity contribution in [2.24, 2.45) is 0 Å². The molecule has 0 radical (unpaired) electrons. The summed E-state index contributed by atoms with van der Waals surface area (Å²) in [7, 11) is -2.42. The molecule has 1 amide bonds. The summed E-state index contributed by atoms with van der Waals surface area (Å²) in [5, 5.41) is 3.03. The quantitative estimate of drug-likeness (QED) is 0.518. The van der Waals surface area contributed by atoms with Crippen LogP contribution in [0.25, 0.3) is 11.3 Å². The highest BCUT2D eigenvalue weighted by atomic mass is 32.2. The summed E-state index contributed by atoms with van der Waals surface area (Å²) in [5.41, 5.74) is 2.67. The first-order valence-corrected chi connectivity index (χ1v) is 11.7. The van der Waals surface area contributed by atoms with E-state index in [-0.39, 0.29) is 16.2 Å². The molecule has 0 aliphatic heterocycles. The number of hydrogen-bond donors (Lipinski definition) is 2. The Morgan fingerprint density at radius 3 is 2.38 bits per heavy atom. The molecular formula is C21H21F2N3O4S2. The van der Waals surface area contributed by atoms with Crippen LogP contribution in [0.5, 0.6) is 5.75 Å². The van der Waals surface area contributed by atoms with Gasteiger partial charge in [-0.2, -0.15) is 8.78 Å². The van der Waals surface area contributed by atoms with E-state index in [0.717, 1.165) is 4.88 Å². The van der Waals surface area contributed by atoms with Gasteiger partial charge in [0.25, 0.3) is 5.91 Å². The van der Waals surface area contributed by atoms with Gasteiger partial charge >= 0.3 is 6.61 Å². The zero-order valence-corrected chi connectivity index (χ0v) is 19.3. The lowest BCUT2D eigenvalue weighted by molar-refractivity contribution is -0.0498. The third-order valence-corrected chi connectivity index (χ3v) is 7.24. The van der Waals surface area contributed by atoms with Crippen molar-refractivity contribution in [3.05, 3.63) is 58.0 Å². The highest BCUT2D eigenvalue weighted by Crippen LogP contribution is 2.32. The lowest BCUT2D eigenvalue weighted by atomic mass is 10.1. The van der Waals surface area contributed by atoms with E-state index in [2.05, 4.69) is 19.8 Å². The van der Waals surface area contributed by atoms with Gasteiger partial charge in [-0.1, -0.05) is 0 Å². The number of benzene rings is 2. The number of ether oxygens (including phenoxy) is 1. The molecule has 0 fully saturated rings. The molecule has 0 aliphatic rings. The Balaban J connectivity index is 1.86. The number of nitrogens with zero attached hydrogens (tertiary/aromatic N) is 1. The number of thiazole rings is 1. The number of hydrogen-bond acceptors (Lipinski definition) is 6. The molecule has 3 rings (SSSR count). The molecule has 1 aromatic heterocycles. The van der Waals surface area contributed by atoms with Crippen molar-refractivity contribution in [1.29, 1.82) is 0 Å². The molecule has 1 heterocycles. The molecule has 0 atom stereocenters. The van der Waals surface area contributed by atoms with Gasteiger partial charge in [-0.05, 0) is 75.3 Å². The van der Waals surface area contributed by atoms with Crippen LogP contribution >= 0.6 is 11.3 Å². The van der Waals surface area contributed by atoms with Crippen molar-refractivity contribution in [2.45, 2.75) is 32.3 Å². The number of rotatable bonds is 7. The van der Waals surface area contributed by atoms with Gasteiger partial charge in [0.1, 0.15) is 5.75 Å². The van der Waals surface area contributed by atoms with Gasteiger partial charge in [-0.15, -0.1) is 11.3 Å². The number of nitrogens with one attached hydrogen (secondary N) is 2. The maximum absolute atomic E-state index is 12.8. The summed E-state index contributed by atoms with van der Waals surface area (Å²) in [6.07, 6.45) is 0. The number of amides is 1. The Morgan fingerprint density at radius 2 is 1.78 bits per heavy atom. The molecule has 2 N–H and O–H groups in total. The topological polar surface area (TPSA) is 97.4 Å². The standard InChI is InChI=1S/C21H21F2N3O4S2/c1-11-9-15(10-17(12(11)2)32(28,29)24-4)19(27)26-21-25-18(13(3)31-21)14-5-7-16(8-6-14)30-20(22)23/h5-10,20,24H,1-4H3,(H,25,26,27). The summed E-state index contributed by atoms with van der Waals surface area (Å²) in [5.74, 6) is -0.464. The van der Waals surface area contributed by atoms with Crippen molar-refractivity contribution >= 4 is 32.4 Å². The number of aryl methyl sites for hydroxylation is 2. The number of alkyl halides is 2. The van der Waals surface area contributed by atoms with Crippen LogP contribution in [-0.4, -0.2) is 33.0 Å². The number of carbonyl (C=O) groups excluding carboxylic acids is 1. The molecule has 0 aliphatic carbocycles. The molecule has 2 aromatic carbocycles. The first-order valence-electron chi connectivity index (χ1n) is 9.40. The van der Waals surface area contributed by atoms with Crippen LogP contribution in [0.1, 0.15) is 26.4 Å². The second kappa shape index (κ2) is 9.31. The van der Waals surface area contributed by atoms with Crippen molar-refractivity contribution in [1.82, 2.24) is 9.71 Å². The Hall–Kier alpha value is -2.89. The second-order valence-corrected chi connectivity index (χ2v) is 9.96. The summed E-state index contributed by atoms with van der Waals surface area (Å²) in [6, 6.07) is 8.97. The van der Waals surface area contributed by atoms with Crippen molar-refractivity contribution in [3.63, 3.8) is 0 Å². The third kappa shape index (κ3) is 5.12. The third-order valence-electron chi connectivity index (χ3n) is 4.81. The number of sulfonamides is 1. The van der Waals surface area contributed by atoms with Gasteiger partial charge < -0.3 is 4.74 Å². The molecule has 7 nitrogen and oxygen atoms in total. The summed E-state index contributed by atoms with van der Waals surface area (Å²) in [6.45, 7) is 2.32. The average Bonchev–Trinajstić information content (AvgIpc) is 3.09. The summed E-state index contributed by atoms with van der Waals surface area (Å²) < 4.78 is 55.8. The maximum Gasteiger partial charge on any atom is 0.387 e. The first kappa shape index (κ1) is 23.8. The SMILES string of the molecule is CNS(=O)(=O)c1cc(C(=O)Nc2nc(-c3ccc(OC(F)F)cc3)c(C)s2)cc(C)c1C. The molecule has 32 heavy (non-hydrogen) atoms. The number of carbonyl (C=O) groups is 1. The van der Waals surface area contributed by atoms with Crippen LogP contribution in [0.15, 0.2) is 41.3 Å². The van der Waals surface area contributed by atoms with Crippen molar-refractivity contribution in [2.75, 3.05) is 12.4 Å². The molecule has 11 heteroatoms. The molecule has 0 spiro atoms. The van der Waals surface area contributed by atoms with Crippen LogP contribution in [0, 0.1) is 20.8 Å². The zero-order valence-electron chi connectivity index (χ0n) is 17.7. The fraction of sp³-hybridized carbons (Fsp3) is 0.238. The molecule has 170 valence electrons. The van der Waals surface area contributed by atoms with Gasteiger partial charge in [0.15, 0.2) is 5.13 Å². The van der Waals surface area contributed by atoms with Crippen LogP contribution in [0.3, 0.4) is 0 Å². The molecule has 0 saturated heterocycles. The van der Waals surface area contributed by atoms with E-state index in [1.54, 1.807) is 32.0 Å². The molecule has 0 bridgehead atoms. The van der Waals surface area contributed by atoms with E-state index in [1.807, 2.05) is 6.92 Å². The van der Waals surface area contributed by atoms with E-state index in [9.17, 15) is 22.0 Å². The Labute approximate surface area is 188 Å². The van der Waals surface area contributed by atoms with Gasteiger partial charge in [0.05, 0.1) is 10.6 Å². The zero-order chi connectivity index (χ0) is 23.6. The van der Waals surface area contributed by atoms with E-state index >= 15 is 0 Å². The van der Waals surface area contributed by atoms with Crippen LogP contribution in [-0.2, 0) is 10.0 Å². The Bertz CT molecular complexity index is 1260. The van der Waals surface area contributed by atoms with Crippen molar-refractivity contribution < 1.29 is 26.7 Å². The van der Waals surface area contributed by atoms with Gasteiger partial charge in [0.2, 0.25) is 10.0 Å². The van der Waals surface area contributed by atoms with Crippen molar-refractivity contribution in [3.8, 4) is 17.0 Å². The first-order chi connectivity index (χ1) is 15.0. The van der Waals surface area contributed by atoms with E-state index in [0.29, 0.717) is 27.5 Å². The molecule has 0 unspecified atom stereocenters. The Kier molecular flexibility index (Phi) is 6.91. The molecule has 0 saturated carbocycles. The van der Waals surface area contributed by atoms with Gasteiger partial charge in [-0.25, -0.2) is 18.1 Å². The number of aromatic nitrogens is 1. The largest absolute Gasteiger partial charge is 0.435 e. The van der Waals surface area contributed by atoms with E-state index in [4.69, 9.17) is 0 Å². The minimum atomic E-state index is -3.73. The minimum absolute atomic E-state index is 0.0345. The highest BCUT2D eigenvalue weighted by molar-refractivity contribution is 7.89. The van der Waals surface area contributed by atoms with E-state index < -0.39 is 22.5 Å². The minimum Gasteiger partial charge on any atom is -0.435 e. The van der Waals surface area contributed by atoms with Crippen LogP contribution < -0.4 is 14.8 Å². The average molecular weight is 482 g/mol. The van der Waals surface area contributed by atoms with Crippen LogP contribution in [0.4, 0.5) is 13.9 Å². The number of anilines is 1. The summed E-state index contributed by atoms with van der Waals surface area (Å²) in [4.78, 5) is 18.1. The summed E-state index contributed by atoms with van der Waals surface area (Å²) >= 11 is 1.24. The monoisotopic (exact) mass is 481 g/mol. The molecular weight excluding hydrogens is 460 g/mol. The fourth-order valence-electron chi connectivity index (χ4n) is 3.03. The van der Waals surface area contributed by atoms with Crippen LogP contribution in [0.2, 0.25) is 0 Å². The van der Waals surface area contributed by atoms with Gasteiger partial charge in [0, 0.05) is 16.0 Å². The predicted octanol–water partition coefficient (Wildman–Crippen LogP) is 4.50. The highest BCUT2D eigenvalue weighted by Gasteiger charge is 2.20. The predicted molar refractivity (Wildman–Crippen MR) is 119 cm³/mol. The maximum atomic E-state index is 12.8. The van der Waals surface area contributed by atoms with E-state index in [1.165, 1.54) is 36.6 Å². The van der Waals surface area contributed by atoms with Gasteiger partial charge in [-0.3, -0.25) is 10.1 Å². The number of halogens is 2. The lowest BCUT2D eigenvalue weighted by Gasteiger charge is -2.12. The second-order valence-electron chi connectivity index (χ2n) is 6.90. The normalized spacial score (nSPS) is 11.6. The Morgan fingerprint density at radius 1 is 1.12 bits per heavy atom. The smallest absolute Gasteiger partial charge is 0.387 e. The molecule has 3 aromatic rings.